The zero-order valence-corrected chi connectivity index (χ0v) is 16.7. The van der Waals surface area contributed by atoms with Crippen molar-refractivity contribution in [2.24, 2.45) is 17.6 Å². The van der Waals surface area contributed by atoms with Crippen LogP contribution in [0.1, 0.15) is 42.5 Å². The van der Waals surface area contributed by atoms with E-state index in [1.165, 1.54) is 12.5 Å². The van der Waals surface area contributed by atoms with E-state index in [1.807, 2.05) is 0 Å². The Balaban J connectivity index is 0.00000243. The fourth-order valence-electron chi connectivity index (χ4n) is 4.16. The molecule has 2 saturated carbocycles. The molecule has 5 nitrogen and oxygen atoms in total. The van der Waals surface area contributed by atoms with E-state index in [0.717, 1.165) is 25.7 Å². The molecule has 144 valence electrons. The predicted molar refractivity (Wildman–Crippen MR) is 106 cm³/mol. The number of nitrogens with two attached hydrogens (primary N) is 1. The van der Waals surface area contributed by atoms with Crippen LogP contribution >= 0.6 is 35.6 Å². The van der Waals surface area contributed by atoms with Crippen LogP contribution in [0.2, 0.25) is 10.0 Å². The fraction of sp³-hybridized carbons (Fsp3) is 0.556. The first-order valence-corrected chi connectivity index (χ1v) is 9.48. The molecule has 2 fully saturated rings. The first-order valence-electron chi connectivity index (χ1n) is 8.72. The summed E-state index contributed by atoms with van der Waals surface area (Å²) in [6.07, 6.45) is 5.38. The van der Waals surface area contributed by atoms with Crippen molar-refractivity contribution in [1.82, 2.24) is 10.6 Å². The van der Waals surface area contributed by atoms with Crippen molar-refractivity contribution in [3.05, 3.63) is 33.8 Å². The standard InChI is InChI=1S/C18H23Cl2N3O2.ClH/c19-14-5-4-12(8-15(14)20)18(25)22-9-16(24)23-17-10-2-1-3-11(17)7-13(21)6-10;/h4-5,8,10-11,13,17H,1-3,6-7,9,21H2,(H,22,25)(H,23,24);1H. The number of carbonyl (C=O) groups excluding carboxylic acids is 2. The molecule has 0 saturated heterocycles. The van der Waals surface area contributed by atoms with Gasteiger partial charge in [-0.25, -0.2) is 0 Å². The minimum atomic E-state index is -0.348. The molecule has 0 aromatic heterocycles. The second-order valence-electron chi connectivity index (χ2n) is 7.09. The van der Waals surface area contributed by atoms with Gasteiger partial charge < -0.3 is 16.4 Å². The lowest BCUT2D eigenvalue weighted by Crippen LogP contribution is -2.55. The summed E-state index contributed by atoms with van der Waals surface area (Å²) in [5, 5.41) is 6.44. The van der Waals surface area contributed by atoms with Crippen LogP contribution in [0, 0.1) is 11.8 Å². The molecule has 2 amide bonds. The molecule has 2 unspecified atom stereocenters. The third-order valence-corrected chi connectivity index (χ3v) is 6.03. The Labute approximate surface area is 169 Å². The molecule has 3 rings (SSSR count). The van der Waals surface area contributed by atoms with E-state index < -0.39 is 0 Å². The highest BCUT2D eigenvalue weighted by Crippen LogP contribution is 2.39. The molecule has 0 spiro atoms. The minimum Gasteiger partial charge on any atom is -0.351 e. The monoisotopic (exact) mass is 419 g/mol. The van der Waals surface area contributed by atoms with Crippen molar-refractivity contribution in [3.8, 4) is 0 Å². The lowest BCUT2D eigenvalue weighted by Gasteiger charge is -2.45. The van der Waals surface area contributed by atoms with E-state index in [9.17, 15) is 9.59 Å². The maximum Gasteiger partial charge on any atom is 0.251 e. The number of benzene rings is 1. The summed E-state index contributed by atoms with van der Waals surface area (Å²) in [4.78, 5) is 24.4. The largest absolute Gasteiger partial charge is 0.351 e. The SMILES string of the molecule is Cl.NC1CC2CCCC(C1)C2NC(=O)CNC(=O)c1ccc(Cl)c(Cl)c1. The van der Waals surface area contributed by atoms with Crippen molar-refractivity contribution in [1.29, 1.82) is 0 Å². The second kappa shape index (κ2) is 9.27. The molecule has 0 radical (unpaired) electrons. The Kier molecular flexibility index (Phi) is 7.59. The molecule has 2 aliphatic rings. The normalized spacial score (nSPS) is 27.2. The van der Waals surface area contributed by atoms with Gasteiger partial charge >= 0.3 is 0 Å². The average molecular weight is 421 g/mol. The number of fused-ring (bicyclic) bond motifs is 2. The smallest absolute Gasteiger partial charge is 0.251 e. The van der Waals surface area contributed by atoms with Gasteiger partial charge in [-0.15, -0.1) is 12.4 Å². The Hall–Kier alpha value is -1.01. The topological polar surface area (TPSA) is 84.2 Å². The van der Waals surface area contributed by atoms with Gasteiger partial charge in [-0.05, 0) is 55.7 Å². The highest BCUT2D eigenvalue weighted by Gasteiger charge is 2.39. The highest BCUT2D eigenvalue weighted by molar-refractivity contribution is 6.42. The summed E-state index contributed by atoms with van der Waals surface area (Å²) in [5.41, 5.74) is 6.49. The third-order valence-electron chi connectivity index (χ3n) is 5.30. The summed E-state index contributed by atoms with van der Waals surface area (Å²) < 4.78 is 0. The Bertz CT molecular complexity index is 657. The molecule has 2 bridgehead atoms. The van der Waals surface area contributed by atoms with Crippen molar-refractivity contribution >= 4 is 47.4 Å². The number of nitrogens with one attached hydrogen (secondary N) is 2. The summed E-state index contributed by atoms with van der Waals surface area (Å²) >= 11 is 11.8. The van der Waals surface area contributed by atoms with Crippen molar-refractivity contribution < 1.29 is 9.59 Å². The van der Waals surface area contributed by atoms with Crippen molar-refractivity contribution in [2.45, 2.75) is 44.2 Å². The summed E-state index contributed by atoms with van der Waals surface area (Å²) in [7, 11) is 0. The van der Waals surface area contributed by atoms with Gasteiger partial charge in [0.25, 0.3) is 5.91 Å². The Morgan fingerprint density at radius 2 is 1.77 bits per heavy atom. The molecule has 8 heteroatoms. The van der Waals surface area contributed by atoms with Crippen LogP contribution < -0.4 is 16.4 Å². The van der Waals surface area contributed by atoms with E-state index in [-0.39, 0.29) is 42.8 Å². The number of halogens is 3. The summed E-state index contributed by atoms with van der Waals surface area (Å²) in [6.45, 7) is -0.0545. The van der Waals surface area contributed by atoms with E-state index in [1.54, 1.807) is 12.1 Å². The van der Waals surface area contributed by atoms with Gasteiger partial charge in [0.2, 0.25) is 5.91 Å². The van der Waals surface area contributed by atoms with Gasteiger partial charge in [0, 0.05) is 17.6 Å². The fourth-order valence-corrected chi connectivity index (χ4v) is 4.46. The first kappa shape index (κ1) is 21.3. The molecule has 0 aliphatic heterocycles. The van der Waals surface area contributed by atoms with Crippen molar-refractivity contribution in [2.75, 3.05) is 6.54 Å². The molecule has 1 aromatic rings. The molecular weight excluding hydrogens is 397 g/mol. The predicted octanol–water partition coefficient (Wildman–Crippen LogP) is 3.17. The van der Waals surface area contributed by atoms with E-state index in [2.05, 4.69) is 10.6 Å². The molecular formula is C18H24Cl3N3O2. The molecule has 2 atom stereocenters. The van der Waals surface area contributed by atoms with Crippen LogP contribution in [0.4, 0.5) is 0 Å². The lowest BCUT2D eigenvalue weighted by molar-refractivity contribution is -0.122. The van der Waals surface area contributed by atoms with Crippen LogP contribution in [-0.4, -0.2) is 30.4 Å². The zero-order chi connectivity index (χ0) is 18.0. The van der Waals surface area contributed by atoms with Gasteiger partial charge in [0.05, 0.1) is 16.6 Å². The Morgan fingerprint density at radius 3 is 2.38 bits per heavy atom. The summed E-state index contributed by atoms with van der Waals surface area (Å²) in [5.74, 6) is 0.403. The van der Waals surface area contributed by atoms with Crippen molar-refractivity contribution in [3.63, 3.8) is 0 Å². The summed E-state index contributed by atoms with van der Waals surface area (Å²) in [6, 6.07) is 5.06. The van der Waals surface area contributed by atoms with Crippen LogP contribution in [-0.2, 0) is 4.79 Å². The molecule has 4 N–H and O–H groups in total. The van der Waals surface area contributed by atoms with Crippen LogP contribution in [0.25, 0.3) is 0 Å². The van der Waals surface area contributed by atoms with E-state index in [4.69, 9.17) is 28.9 Å². The second-order valence-corrected chi connectivity index (χ2v) is 7.90. The van der Waals surface area contributed by atoms with Gasteiger partial charge in [-0.2, -0.15) is 0 Å². The quantitative estimate of drug-likeness (QED) is 0.699. The maximum atomic E-state index is 12.3. The van der Waals surface area contributed by atoms with Gasteiger partial charge in [-0.3, -0.25) is 9.59 Å². The number of carbonyl (C=O) groups is 2. The first-order chi connectivity index (χ1) is 11.9. The Morgan fingerprint density at radius 1 is 1.12 bits per heavy atom. The van der Waals surface area contributed by atoms with Crippen LogP contribution in [0.5, 0.6) is 0 Å². The van der Waals surface area contributed by atoms with Gasteiger partial charge in [0.1, 0.15) is 0 Å². The van der Waals surface area contributed by atoms with Gasteiger partial charge in [-0.1, -0.05) is 29.6 Å². The van der Waals surface area contributed by atoms with Crippen LogP contribution in [0.15, 0.2) is 18.2 Å². The van der Waals surface area contributed by atoms with Gasteiger partial charge in [0.15, 0.2) is 0 Å². The molecule has 1 aromatic carbocycles. The number of rotatable bonds is 4. The number of amides is 2. The van der Waals surface area contributed by atoms with E-state index in [0.29, 0.717) is 27.4 Å². The number of hydrogen-bond acceptors (Lipinski definition) is 3. The molecule has 2 aliphatic carbocycles. The van der Waals surface area contributed by atoms with Crippen LogP contribution in [0.3, 0.4) is 0 Å². The minimum absolute atomic E-state index is 0. The average Bonchev–Trinajstić information content (AvgIpc) is 2.56. The molecule has 26 heavy (non-hydrogen) atoms. The maximum absolute atomic E-state index is 12.3. The third kappa shape index (κ3) is 5.03. The molecule has 0 heterocycles. The lowest BCUT2D eigenvalue weighted by atomic mass is 9.67. The zero-order valence-electron chi connectivity index (χ0n) is 14.3. The number of hydrogen-bond donors (Lipinski definition) is 3. The highest BCUT2D eigenvalue weighted by atomic mass is 35.5. The van der Waals surface area contributed by atoms with E-state index >= 15 is 0 Å².